The van der Waals surface area contributed by atoms with Crippen LogP contribution in [0.1, 0.15) is 59.6 Å². The lowest BCUT2D eigenvalue weighted by Gasteiger charge is -2.34. The van der Waals surface area contributed by atoms with Crippen molar-refractivity contribution in [2.45, 2.75) is 58.1 Å². The van der Waals surface area contributed by atoms with Gasteiger partial charge in [-0.15, -0.1) is 28.6 Å². The first kappa shape index (κ1) is 29.7. The second-order valence-electron chi connectivity index (χ2n) is 10.4. The van der Waals surface area contributed by atoms with Crippen LogP contribution in [-0.4, -0.2) is 47.7 Å². The minimum absolute atomic E-state index is 0.0127. The Bertz CT molecular complexity index is 1390. The summed E-state index contributed by atoms with van der Waals surface area (Å²) in [6, 6.07) is 13.5. The molecule has 1 aromatic carbocycles. The Morgan fingerprint density at radius 2 is 1.85 bits per heavy atom. The van der Waals surface area contributed by atoms with E-state index in [1.807, 2.05) is 31.2 Å². The molecule has 4 rings (SSSR count). The Balaban J connectivity index is 1.41. The number of aromatic hydroxyl groups is 1. The zero-order valence-corrected chi connectivity index (χ0v) is 24.9. The fourth-order valence-electron chi connectivity index (χ4n) is 5.25. The number of ketones is 1. The van der Waals surface area contributed by atoms with Gasteiger partial charge in [-0.25, -0.2) is 0 Å². The predicted molar refractivity (Wildman–Crippen MR) is 166 cm³/mol. The number of Topliss-reactive ketones (excluding diaryl/α,β-unsaturated/α-hetero) is 1. The number of aliphatic hydroxyl groups excluding tert-OH is 1. The summed E-state index contributed by atoms with van der Waals surface area (Å²) in [6.45, 7) is 3.94. The number of aliphatic hydroxyl groups is 1. The Labute approximate surface area is 244 Å². The lowest BCUT2D eigenvalue weighted by molar-refractivity contribution is 0.0867. The molecule has 2 unspecified atom stereocenters. The third-order valence-corrected chi connectivity index (χ3v) is 9.56. The monoisotopic (exact) mass is 578 g/mol. The Morgan fingerprint density at radius 1 is 1.12 bits per heavy atom. The average molecular weight is 579 g/mol. The zero-order chi connectivity index (χ0) is 28.6. The fourth-order valence-corrected chi connectivity index (χ4v) is 7.28. The van der Waals surface area contributed by atoms with Gasteiger partial charge in [0, 0.05) is 47.1 Å². The molecule has 6 N–H and O–H groups in total. The number of rotatable bonds is 10. The molecule has 3 aromatic rings. The molecule has 1 saturated carbocycles. The maximum atomic E-state index is 13.4. The van der Waals surface area contributed by atoms with Crippen LogP contribution in [0.25, 0.3) is 9.75 Å². The van der Waals surface area contributed by atoms with Crippen molar-refractivity contribution in [1.82, 2.24) is 5.32 Å². The van der Waals surface area contributed by atoms with E-state index in [9.17, 15) is 15.0 Å². The minimum Gasteiger partial charge on any atom is -0.508 e. The van der Waals surface area contributed by atoms with E-state index in [0.717, 1.165) is 56.4 Å². The van der Waals surface area contributed by atoms with Crippen LogP contribution in [0, 0.1) is 23.7 Å². The van der Waals surface area contributed by atoms with Gasteiger partial charge in [0.2, 0.25) is 0 Å². The first-order valence-electron chi connectivity index (χ1n) is 13.7. The van der Waals surface area contributed by atoms with Crippen LogP contribution in [-0.2, 0) is 6.42 Å². The van der Waals surface area contributed by atoms with Crippen LogP contribution in [0.5, 0.6) is 5.75 Å². The lowest BCUT2D eigenvalue weighted by atomic mass is 9.75. The summed E-state index contributed by atoms with van der Waals surface area (Å²) in [6.07, 6.45) is 3.61. The Morgan fingerprint density at radius 3 is 2.55 bits per heavy atom. The molecule has 0 saturated heterocycles. The van der Waals surface area contributed by atoms with E-state index in [-0.39, 0.29) is 23.5 Å². The summed E-state index contributed by atoms with van der Waals surface area (Å²) in [5, 5.41) is 26.5. The van der Waals surface area contributed by atoms with Gasteiger partial charge in [-0.1, -0.05) is 5.92 Å². The highest BCUT2D eigenvalue weighted by molar-refractivity contribution is 7.23. The minimum atomic E-state index is -0.497. The second kappa shape index (κ2) is 13.8. The molecular weight excluding hydrogens is 541 g/mol. The van der Waals surface area contributed by atoms with Crippen molar-refractivity contribution < 1.29 is 15.0 Å². The van der Waals surface area contributed by atoms with Crippen molar-refractivity contribution in [3.05, 3.63) is 57.8 Å². The molecule has 9 heteroatoms. The Hall–Kier alpha value is -3.32. The third-order valence-electron chi connectivity index (χ3n) is 7.27. The summed E-state index contributed by atoms with van der Waals surface area (Å²) in [4.78, 5) is 21.6. The van der Waals surface area contributed by atoms with Crippen molar-refractivity contribution in [2.24, 2.45) is 22.6 Å². The maximum Gasteiger partial charge on any atom is 0.188 e. The van der Waals surface area contributed by atoms with Crippen LogP contribution in [0.4, 0.5) is 5.69 Å². The number of guanidine groups is 1. The molecule has 0 spiro atoms. The normalized spacial score (nSPS) is 18.9. The highest BCUT2D eigenvalue weighted by atomic mass is 32.1. The predicted octanol–water partition coefficient (Wildman–Crippen LogP) is 5.48. The van der Waals surface area contributed by atoms with Gasteiger partial charge in [0.05, 0.1) is 15.9 Å². The maximum absolute atomic E-state index is 13.4. The number of aliphatic imine (C=N–C) groups is 1. The summed E-state index contributed by atoms with van der Waals surface area (Å²) >= 11 is 3.23. The number of carbonyl (C=O) groups excluding carboxylic acids is 1. The molecule has 2 aromatic heterocycles. The van der Waals surface area contributed by atoms with E-state index in [4.69, 9.17) is 5.73 Å². The number of phenolic OH excluding ortho intramolecular Hbond substituents is 1. The Kier molecular flexibility index (Phi) is 10.3. The smallest absolute Gasteiger partial charge is 0.188 e. The van der Waals surface area contributed by atoms with Gasteiger partial charge in [-0.05, 0) is 93.8 Å². The van der Waals surface area contributed by atoms with E-state index in [1.165, 1.54) is 0 Å². The van der Waals surface area contributed by atoms with Crippen LogP contribution < -0.4 is 16.4 Å². The van der Waals surface area contributed by atoms with E-state index < -0.39 is 6.10 Å². The largest absolute Gasteiger partial charge is 0.508 e. The van der Waals surface area contributed by atoms with E-state index in [2.05, 4.69) is 33.5 Å². The molecule has 1 aliphatic carbocycles. The number of hydrogen-bond acceptors (Lipinski definition) is 7. The van der Waals surface area contributed by atoms with Gasteiger partial charge < -0.3 is 26.6 Å². The highest BCUT2D eigenvalue weighted by Crippen LogP contribution is 2.38. The molecular formula is C31H38N4O3S2. The fraction of sp³-hybridized carbons (Fsp3) is 0.419. The second-order valence-corrected chi connectivity index (χ2v) is 12.5. The first-order chi connectivity index (χ1) is 19.2. The summed E-state index contributed by atoms with van der Waals surface area (Å²) in [5.74, 6) is 7.15. The molecule has 0 aliphatic heterocycles. The number of anilines is 1. The number of benzene rings is 1. The summed E-state index contributed by atoms with van der Waals surface area (Å²) in [7, 11) is 1.66. The molecule has 1 fully saturated rings. The SMILES string of the molecule is CC#Cc1ccc(-c2ccc(C(=O)C3CCC(C(Cc4cc(O)cc(NCC(C)O)c4)NC(N)=NC)CC3)s2)s1. The number of nitrogens with one attached hydrogen (secondary N) is 2. The van der Waals surface area contributed by atoms with Crippen molar-refractivity contribution in [3.63, 3.8) is 0 Å². The molecule has 0 amide bonds. The molecule has 7 nitrogen and oxygen atoms in total. The van der Waals surface area contributed by atoms with Crippen molar-refractivity contribution in [2.75, 3.05) is 18.9 Å². The summed E-state index contributed by atoms with van der Waals surface area (Å²) in [5.41, 5.74) is 7.80. The topological polar surface area (TPSA) is 120 Å². The van der Waals surface area contributed by atoms with E-state index in [1.54, 1.807) is 48.8 Å². The number of phenols is 1. The molecule has 2 heterocycles. The van der Waals surface area contributed by atoms with Crippen LogP contribution >= 0.6 is 22.7 Å². The average Bonchev–Trinajstić information content (AvgIpc) is 3.61. The van der Waals surface area contributed by atoms with Gasteiger partial charge >= 0.3 is 0 Å². The first-order valence-corrected chi connectivity index (χ1v) is 15.3. The van der Waals surface area contributed by atoms with Crippen LogP contribution in [0.15, 0.2) is 47.5 Å². The zero-order valence-electron chi connectivity index (χ0n) is 23.2. The van der Waals surface area contributed by atoms with Crippen molar-refractivity contribution >= 4 is 40.1 Å². The number of thiophene rings is 2. The van der Waals surface area contributed by atoms with Crippen molar-refractivity contribution in [1.29, 1.82) is 0 Å². The van der Waals surface area contributed by atoms with Crippen molar-refractivity contribution in [3.8, 4) is 27.3 Å². The van der Waals surface area contributed by atoms with Gasteiger partial charge in [-0.3, -0.25) is 9.79 Å². The third kappa shape index (κ3) is 7.87. The molecule has 212 valence electrons. The summed E-state index contributed by atoms with van der Waals surface area (Å²) < 4.78 is 0. The van der Waals surface area contributed by atoms with Crippen LogP contribution in [0.3, 0.4) is 0 Å². The molecule has 40 heavy (non-hydrogen) atoms. The van der Waals surface area contributed by atoms with Gasteiger partial charge in [0.1, 0.15) is 5.75 Å². The van der Waals surface area contributed by atoms with E-state index in [0.29, 0.717) is 24.8 Å². The van der Waals surface area contributed by atoms with Gasteiger partial charge in [-0.2, -0.15) is 0 Å². The number of nitrogens with two attached hydrogens (primary N) is 1. The molecule has 2 atom stereocenters. The van der Waals surface area contributed by atoms with Crippen LogP contribution in [0.2, 0.25) is 0 Å². The highest BCUT2D eigenvalue weighted by Gasteiger charge is 2.32. The number of hydrogen-bond donors (Lipinski definition) is 5. The molecule has 1 aliphatic rings. The van der Waals surface area contributed by atoms with Gasteiger partial charge in [0.15, 0.2) is 11.7 Å². The number of nitrogens with zero attached hydrogens (tertiary/aromatic N) is 1. The molecule has 0 bridgehead atoms. The standard InChI is InChI=1S/C31H38N4O3S2/c1-4-5-25-10-11-27(39-25)28-12-13-29(40-28)30(38)22-8-6-21(7-9-22)26(35-31(32)33-3)16-20-14-23(17-24(37)15-20)34-18-19(2)36/h10-15,17,19,21-22,26,34,36-37H,6-9,16,18H2,1-3H3,(H3,32,33,35). The lowest BCUT2D eigenvalue weighted by Crippen LogP contribution is -2.46. The number of carbonyl (C=O) groups is 1. The molecule has 0 radical (unpaired) electrons. The quantitative estimate of drug-likeness (QED) is 0.0941. The van der Waals surface area contributed by atoms with E-state index >= 15 is 0 Å². The van der Waals surface area contributed by atoms with Gasteiger partial charge in [0.25, 0.3) is 0 Å².